The first-order chi connectivity index (χ1) is 8.05. The zero-order valence-electron chi connectivity index (χ0n) is 9.91. The number of nitrogens with one attached hydrogen (secondary N) is 1. The largest absolute Gasteiger partial charge is 0.386 e. The van der Waals surface area contributed by atoms with E-state index in [9.17, 15) is 9.50 Å². The van der Waals surface area contributed by atoms with Crippen molar-refractivity contribution in [1.29, 1.82) is 0 Å². The van der Waals surface area contributed by atoms with Gasteiger partial charge in [-0.05, 0) is 38.7 Å². The number of hydrogen-bond donors (Lipinski definition) is 2. The number of fused-ring (bicyclic) bond motifs is 2. The highest BCUT2D eigenvalue weighted by Crippen LogP contribution is 2.50. The molecule has 0 radical (unpaired) electrons. The molecule has 0 amide bonds. The predicted octanol–water partition coefficient (Wildman–Crippen LogP) is 1.93. The molecule has 1 aromatic heterocycles. The second-order valence-corrected chi connectivity index (χ2v) is 5.64. The first-order valence-electron chi connectivity index (χ1n) is 6.12. The molecule has 1 aromatic rings. The van der Waals surface area contributed by atoms with Gasteiger partial charge in [-0.15, -0.1) is 0 Å². The van der Waals surface area contributed by atoms with E-state index in [2.05, 4.69) is 17.2 Å². The Morgan fingerprint density at radius 1 is 1.41 bits per heavy atom. The quantitative estimate of drug-likeness (QED) is 0.824. The fourth-order valence-corrected chi connectivity index (χ4v) is 3.35. The Hall–Kier alpha value is -1.00. The highest BCUT2D eigenvalue weighted by Gasteiger charge is 2.55. The molecule has 3 rings (SSSR count). The second-order valence-electron chi connectivity index (χ2n) is 5.64. The number of aliphatic hydroxyl groups is 1. The van der Waals surface area contributed by atoms with Crippen molar-refractivity contribution in [3.8, 4) is 0 Å². The summed E-state index contributed by atoms with van der Waals surface area (Å²) in [6.45, 7) is 2.18. The number of pyridine rings is 1. The molecule has 4 heteroatoms. The van der Waals surface area contributed by atoms with Crippen molar-refractivity contribution in [3.05, 3.63) is 29.8 Å². The number of aliphatic hydroxyl groups excluding tert-OH is 1. The van der Waals surface area contributed by atoms with Crippen LogP contribution < -0.4 is 5.32 Å². The van der Waals surface area contributed by atoms with Gasteiger partial charge in [0, 0.05) is 22.8 Å². The number of hydrogen-bond acceptors (Lipinski definition) is 3. The monoisotopic (exact) mass is 236 g/mol. The molecule has 2 aliphatic heterocycles. The molecule has 2 bridgehead atoms. The van der Waals surface area contributed by atoms with Gasteiger partial charge < -0.3 is 10.4 Å². The lowest BCUT2D eigenvalue weighted by molar-refractivity contribution is 0.0704. The van der Waals surface area contributed by atoms with E-state index in [1.807, 2.05) is 0 Å². The van der Waals surface area contributed by atoms with Crippen molar-refractivity contribution < 1.29 is 9.50 Å². The summed E-state index contributed by atoms with van der Waals surface area (Å²) in [6, 6.07) is 1.57. The third kappa shape index (κ3) is 1.58. The fraction of sp³-hybridized carbons (Fsp3) is 0.615. The van der Waals surface area contributed by atoms with Gasteiger partial charge in [0.2, 0.25) is 0 Å². The van der Waals surface area contributed by atoms with E-state index in [0.29, 0.717) is 5.56 Å². The maximum Gasteiger partial charge on any atom is 0.147 e. The highest BCUT2D eigenvalue weighted by atomic mass is 19.1. The lowest BCUT2D eigenvalue weighted by atomic mass is 9.78. The summed E-state index contributed by atoms with van der Waals surface area (Å²) in [5, 5.41) is 14.0. The molecule has 3 heterocycles. The SMILES string of the molecule is CC12CCC([C@@H](O)c3ccncc3F)(CC1)N2. The Balaban J connectivity index is 1.93. The normalized spacial score (nSPS) is 37.4. The lowest BCUT2D eigenvalue weighted by Gasteiger charge is -2.32. The number of aromatic nitrogens is 1. The van der Waals surface area contributed by atoms with Crippen LogP contribution in [0.25, 0.3) is 0 Å². The molecular weight excluding hydrogens is 219 g/mol. The summed E-state index contributed by atoms with van der Waals surface area (Å²) >= 11 is 0. The molecule has 92 valence electrons. The maximum absolute atomic E-state index is 13.7. The number of nitrogens with zero attached hydrogens (tertiary/aromatic N) is 1. The van der Waals surface area contributed by atoms with Crippen molar-refractivity contribution in [3.63, 3.8) is 0 Å². The van der Waals surface area contributed by atoms with Gasteiger partial charge in [0.25, 0.3) is 0 Å². The van der Waals surface area contributed by atoms with Crippen molar-refractivity contribution in [1.82, 2.24) is 10.3 Å². The van der Waals surface area contributed by atoms with Crippen LogP contribution in [-0.2, 0) is 0 Å². The van der Waals surface area contributed by atoms with Crippen LogP contribution >= 0.6 is 0 Å². The highest BCUT2D eigenvalue weighted by molar-refractivity contribution is 5.25. The molecule has 2 N–H and O–H groups in total. The summed E-state index contributed by atoms with van der Waals surface area (Å²) < 4.78 is 13.7. The summed E-state index contributed by atoms with van der Waals surface area (Å²) in [4.78, 5) is 3.72. The van der Waals surface area contributed by atoms with E-state index in [0.717, 1.165) is 31.9 Å². The van der Waals surface area contributed by atoms with Crippen LogP contribution in [0.4, 0.5) is 4.39 Å². The third-order valence-electron chi connectivity index (χ3n) is 4.42. The lowest BCUT2D eigenvalue weighted by Crippen LogP contribution is -2.45. The van der Waals surface area contributed by atoms with Gasteiger partial charge in [0.1, 0.15) is 11.9 Å². The minimum absolute atomic E-state index is 0.129. The Bertz CT molecular complexity index is 441. The van der Waals surface area contributed by atoms with Gasteiger partial charge in [-0.1, -0.05) is 0 Å². The van der Waals surface area contributed by atoms with Crippen molar-refractivity contribution >= 4 is 0 Å². The Labute approximate surface area is 100 Å². The molecule has 3 nitrogen and oxygen atoms in total. The molecule has 2 fully saturated rings. The molecule has 0 saturated carbocycles. The van der Waals surface area contributed by atoms with E-state index in [4.69, 9.17) is 0 Å². The Morgan fingerprint density at radius 2 is 2.12 bits per heavy atom. The first-order valence-corrected chi connectivity index (χ1v) is 6.12. The fourth-order valence-electron chi connectivity index (χ4n) is 3.35. The summed E-state index contributed by atoms with van der Waals surface area (Å²) in [5.74, 6) is -0.420. The maximum atomic E-state index is 13.7. The van der Waals surface area contributed by atoms with Gasteiger partial charge >= 0.3 is 0 Å². The van der Waals surface area contributed by atoms with E-state index < -0.39 is 11.9 Å². The predicted molar refractivity (Wildman–Crippen MR) is 61.9 cm³/mol. The van der Waals surface area contributed by atoms with Gasteiger partial charge in [-0.2, -0.15) is 0 Å². The average molecular weight is 236 g/mol. The topological polar surface area (TPSA) is 45.2 Å². The van der Waals surface area contributed by atoms with Gasteiger partial charge in [0.15, 0.2) is 0 Å². The van der Waals surface area contributed by atoms with Crippen LogP contribution in [0.5, 0.6) is 0 Å². The minimum Gasteiger partial charge on any atom is -0.386 e. The molecule has 2 saturated heterocycles. The van der Waals surface area contributed by atoms with E-state index >= 15 is 0 Å². The van der Waals surface area contributed by atoms with E-state index in [1.54, 1.807) is 6.07 Å². The summed E-state index contributed by atoms with van der Waals surface area (Å²) in [5.41, 5.74) is 0.153. The molecular formula is C13H17FN2O. The summed E-state index contributed by atoms with van der Waals surface area (Å²) in [7, 11) is 0. The van der Waals surface area contributed by atoms with E-state index in [1.165, 1.54) is 6.20 Å². The van der Waals surface area contributed by atoms with Crippen LogP contribution in [0.2, 0.25) is 0 Å². The zero-order chi connectivity index (χ0) is 12.1. The van der Waals surface area contributed by atoms with Crippen LogP contribution in [0.15, 0.2) is 18.5 Å². The van der Waals surface area contributed by atoms with Crippen molar-refractivity contribution in [2.24, 2.45) is 0 Å². The van der Waals surface area contributed by atoms with Gasteiger partial charge in [-0.3, -0.25) is 4.98 Å². The van der Waals surface area contributed by atoms with E-state index in [-0.39, 0.29) is 11.1 Å². The smallest absolute Gasteiger partial charge is 0.147 e. The molecule has 17 heavy (non-hydrogen) atoms. The summed E-state index contributed by atoms with van der Waals surface area (Å²) in [6.07, 6.45) is 5.83. The van der Waals surface area contributed by atoms with Crippen LogP contribution in [0.3, 0.4) is 0 Å². The van der Waals surface area contributed by atoms with Gasteiger partial charge in [-0.25, -0.2) is 4.39 Å². The van der Waals surface area contributed by atoms with Crippen molar-refractivity contribution in [2.75, 3.05) is 0 Å². The standard InChI is InChI=1S/C13H17FN2O/c1-12-3-5-13(16-12,6-4-12)11(17)9-2-7-15-8-10(9)14/h2,7-8,11,16-17H,3-6H2,1H3/t11-,12?,13?/m0/s1. The third-order valence-corrected chi connectivity index (χ3v) is 4.42. The van der Waals surface area contributed by atoms with Crippen LogP contribution in [0, 0.1) is 5.82 Å². The zero-order valence-corrected chi connectivity index (χ0v) is 9.91. The van der Waals surface area contributed by atoms with Crippen LogP contribution in [-0.4, -0.2) is 21.2 Å². The number of halogens is 1. The second kappa shape index (κ2) is 3.50. The molecule has 0 spiro atoms. The van der Waals surface area contributed by atoms with Gasteiger partial charge in [0.05, 0.1) is 6.20 Å². The number of rotatable bonds is 2. The molecule has 2 aliphatic rings. The molecule has 1 atom stereocenters. The molecule has 0 aromatic carbocycles. The Kier molecular flexibility index (Phi) is 2.28. The minimum atomic E-state index is -0.783. The average Bonchev–Trinajstić information content (AvgIpc) is 2.83. The van der Waals surface area contributed by atoms with Crippen LogP contribution in [0.1, 0.15) is 44.3 Å². The van der Waals surface area contributed by atoms with Crippen molar-refractivity contribution in [2.45, 2.75) is 49.8 Å². The molecule has 0 unspecified atom stereocenters. The first kappa shape index (κ1) is 11.1. The molecule has 0 aliphatic carbocycles. The Morgan fingerprint density at radius 3 is 2.65 bits per heavy atom.